The third-order valence-corrected chi connectivity index (χ3v) is 5.16. The Hall–Kier alpha value is -3.10. The number of aromatic nitrogens is 1. The number of carbonyl (C=O) groups excluding carboxylic acids is 1. The van der Waals surface area contributed by atoms with Crippen molar-refractivity contribution < 1.29 is 17.6 Å². The van der Waals surface area contributed by atoms with Crippen LogP contribution in [0.15, 0.2) is 78.0 Å². The lowest BCUT2D eigenvalue weighted by Crippen LogP contribution is -2.24. The Morgan fingerprint density at radius 1 is 1.00 bits per heavy atom. The summed E-state index contributed by atoms with van der Waals surface area (Å²) in [5.41, 5.74) is 1.62. The Labute approximate surface area is 156 Å². The average Bonchev–Trinajstić information content (AvgIpc) is 2.68. The van der Waals surface area contributed by atoms with Crippen molar-refractivity contribution in [2.75, 3.05) is 5.32 Å². The van der Waals surface area contributed by atoms with E-state index in [1.54, 1.807) is 42.6 Å². The maximum atomic E-state index is 13.7. The molecule has 0 atom stereocenters. The standard InChI is InChI=1S/C19H16FN3O3S/c20-17-5-1-2-6-18(17)27(25,26)22-12-14-7-9-15(10-8-14)19(24)23-16-4-3-11-21-13-16/h1-11,13,22H,12H2,(H,23,24). The van der Waals surface area contributed by atoms with Crippen LogP contribution in [0.1, 0.15) is 15.9 Å². The summed E-state index contributed by atoms with van der Waals surface area (Å²) in [6.07, 6.45) is 3.14. The van der Waals surface area contributed by atoms with Crippen LogP contribution in [0.5, 0.6) is 0 Å². The summed E-state index contributed by atoms with van der Waals surface area (Å²) in [7, 11) is -3.97. The second-order valence-electron chi connectivity index (χ2n) is 5.65. The number of anilines is 1. The normalized spacial score (nSPS) is 11.1. The molecule has 27 heavy (non-hydrogen) atoms. The topological polar surface area (TPSA) is 88.2 Å². The lowest BCUT2D eigenvalue weighted by Gasteiger charge is -2.09. The SMILES string of the molecule is O=C(Nc1cccnc1)c1ccc(CNS(=O)(=O)c2ccccc2F)cc1. The Morgan fingerprint density at radius 2 is 1.74 bits per heavy atom. The number of rotatable bonds is 6. The van der Waals surface area contributed by atoms with Gasteiger partial charge in [-0.3, -0.25) is 9.78 Å². The Bertz CT molecular complexity index is 1040. The van der Waals surface area contributed by atoms with Crippen LogP contribution in [0.25, 0.3) is 0 Å². The van der Waals surface area contributed by atoms with Gasteiger partial charge in [0.2, 0.25) is 10.0 Å². The summed E-state index contributed by atoms with van der Waals surface area (Å²) in [6.45, 7) is -0.0266. The lowest BCUT2D eigenvalue weighted by atomic mass is 10.1. The van der Waals surface area contributed by atoms with Gasteiger partial charge in [0.25, 0.3) is 5.91 Å². The highest BCUT2D eigenvalue weighted by atomic mass is 32.2. The third-order valence-electron chi connectivity index (χ3n) is 3.73. The van der Waals surface area contributed by atoms with Crippen molar-refractivity contribution in [1.82, 2.24) is 9.71 Å². The third kappa shape index (κ3) is 4.75. The van der Waals surface area contributed by atoms with Crippen LogP contribution < -0.4 is 10.0 Å². The van der Waals surface area contributed by atoms with E-state index < -0.39 is 20.7 Å². The summed E-state index contributed by atoms with van der Waals surface area (Å²) in [5.74, 6) is -1.12. The van der Waals surface area contributed by atoms with E-state index in [2.05, 4.69) is 15.0 Å². The molecule has 0 saturated heterocycles. The fourth-order valence-corrected chi connectivity index (χ4v) is 3.43. The van der Waals surface area contributed by atoms with Crippen molar-refractivity contribution in [2.45, 2.75) is 11.4 Å². The average molecular weight is 385 g/mol. The van der Waals surface area contributed by atoms with Gasteiger partial charge in [0.1, 0.15) is 10.7 Å². The first-order valence-electron chi connectivity index (χ1n) is 8.00. The number of pyridine rings is 1. The summed E-state index contributed by atoms with van der Waals surface area (Å²) >= 11 is 0. The molecule has 0 saturated carbocycles. The number of nitrogens with zero attached hydrogens (tertiary/aromatic N) is 1. The molecule has 0 bridgehead atoms. The molecule has 1 heterocycles. The zero-order valence-corrected chi connectivity index (χ0v) is 14.9. The molecule has 2 aromatic carbocycles. The van der Waals surface area contributed by atoms with E-state index in [0.29, 0.717) is 16.8 Å². The van der Waals surface area contributed by atoms with E-state index in [0.717, 1.165) is 6.07 Å². The van der Waals surface area contributed by atoms with Crippen LogP contribution in [-0.4, -0.2) is 19.3 Å². The Kier molecular flexibility index (Phi) is 5.58. The van der Waals surface area contributed by atoms with Crippen molar-refractivity contribution in [3.63, 3.8) is 0 Å². The molecule has 1 aromatic heterocycles. The second kappa shape index (κ2) is 8.07. The highest BCUT2D eigenvalue weighted by Crippen LogP contribution is 2.14. The monoisotopic (exact) mass is 385 g/mol. The molecule has 0 spiro atoms. The van der Waals surface area contributed by atoms with Gasteiger partial charge in [0.15, 0.2) is 0 Å². The molecule has 1 amide bonds. The minimum atomic E-state index is -3.97. The zero-order chi connectivity index (χ0) is 19.3. The van der Waals surface area contributed by atoms with Gasteiger partial charge in [-0.15, -0.1) is 0 Å². The largest absolute Gasteiger partial charge is 0.321 e. The van der Waals surface area contributed by atoms with Crippen LogP contribution in [0, 0.1) is 5.82 Å². The molecule has 0 aliphatic rings. The molecule has 6 nitrogen and oxygen atoms in total. The minimum Gasteiger partial charge on any atom is -0.321 e. The van der Waals surface area contributed by atoms with Crippen LogP contribution in [0.2, 0.25) is 0 Å². The van der Waals surface area contributed by atoms with Crippen LogP contribution >= 0.6 is 0 Å². The molecule has 0 radical (unpaired) electrons. The van der Waals surface area contributed by atoms with Gasteiger partial charge in [-0.1, -0.05) is 24.3 Å². The molecule has 0 fully saturated rings. The molecule has 3 rings (SSSR count). The molecule has 3 aromatic rings. The van der Waals surface area contributed by atoms with Crippen molar-refractivity contribution in [2.24, 2.45) is 0 Å². The van der Waals surface area contributed by atoms with Crippen molar-refractivity contribution in [3.05, 3.63) is 90.0 Å². The molecule has 0 aliphatic heterocycles. The molecule has 8 heteroatoms. The number of carbonyl (C=O) groups is 1. The number of hydrogen-bond acceptors (Lipinski definition) is 4. The Balaban J connectivity index is 1.64. The summed E-state index contributed by atoms with van der Waals surface area (Å²) in [4.78, 5) is 15.7. The zero-order valence-electron chi connectivity index (χ0n) is 14.1. The van der Waals surface area contributed by atoms with Crippen LogP contribution in [0.3, 0.4) is 0 Å². The van der Waals surface area contributed by atoms with Gasteiger partial charge in [-0.2, -0.15) is 0 Å². The molecule has 2 N–H and O–H groups in total. The first-order chi connectivity index (χ1) is 13.0. The van der Waals surface area contributed by atoms with E-state index in [1.807, 2.05) is 0 Å². The van der Waals surface area contributed by atoms with Gasteiger partial charge in [-0.25, -0.2) is 17.5 Å². The predicted octanol–water partition coefficient (Wildman–Crippen LogP) is 2.95. The maximum absolute atomic E-state index is 13.7. The number of amides is 1. The first kappa shape index (κ1) is 18.7. The Morgan fingerprint density at radius 3 is 2.41 bits per heavy atom. The highest BCUT2D eigenvalue weighted by molar-refractivity contribution is 7.89. The molecular formula is C19H16FN3O3S. The number of halogens is 1. The lowest BCUT2D eigenvalue weighted by molar-refractivity contribution is 0.102. The van der Waals surface area contributed by atoms with Gasteiger partial charge in [-0.05, 0) is 42.0 Å². The highest BCUT2D eigenvalue weighted by Gasteiger charge is 2.18. The number of sulfonamides is 1. The van der Waals surface area contributed by atoms with E-state index in [-0.39, 0.29) is 12.5 Å². The molecule has 0 aliphatic carbocycles. The molecule has 0 unspecified atom stereocenters. The van der Waals surface area contributed by atoms with Crippen molar-refractivity contribution in [1.29, 1.82) is 0 Å². The predicted molar refractivity (Wildman–Crippen MR) is 99.1 cm³/mol. The fraction of sp³-hybridized carbons (Fsp3) is 0.0526. The van der Waals surface area contributed by atoms with Gasteiger partial charge < -0.3 is 5.32 Å². The van der Waals surface area contributed by atoms with Crippen molar-refractivity contribution >= 4 is 21.6 Å². The van der Waals surface area contributed by atoms with Gasteiger partial charge in [0.05, 0.1) is 11.9 Å². The van der Waals surface area contributed by atoms with E-state index >= 15 is 0 Å². The molecule has 138 valence electrons. The number of hydrogen-bond donors (Lipinski definition) is 2. The quantitative estimate of drug-likeness (QED) is 0.683. The van der Waals surface area contributed by atoms with Gasteiger partial charge in [0, 0.05) is 18.3 Å². The van der Waals surface area contributed by atoms with E-state index in [4.69, 9.17) is 0 Å². The summed E-state index contributed by atoms with van der Waals surface area (Å²) < 4.78 is 40.4. The smallest absolute Gasteiger partial charge is 0.255 e. The fourth-order valence-electron chi connectivity index (χ4n) is 2.33. The number of benzene rings is 2. The first-order valence-corrected chi connectivity index (χ1v) is 9.48. The second-order valence-corrected chi connectivity index (χ2v) is 7.38. The van der Waals surface area contributed by atoms with E-state index in [9.17, 15) is 17.6 Å². The van der Waals surface area contributed by atoms with Crippen LogP contribution in [0.4, 0.5) is 10.1 Å². The summed E-state index contributed by atoms with van der Waals surface area (Å²) in [5, 5.41) is 2.71. The van der Waals surface area contributed by atoms with Crippen LogP contribution in [-0.2, 0) is 16.6 Å². The molecular weight excluding hydrogens is 369 g/mol. The number of nitrogens with one attached hydrogen (secondary N) is 2. The van der Waals surface area contributed by atoms with E-state index in [1.165, 1.54) is 24.4 Å². The van der Waals surface area contributed by atoms with Gasteiger partial charge >= 0.3 is 0 Å². The minimum absolute atomic E-state index is 0.0266. The van der Waals surface area contributed by atoms with Crippen molar-refractivity contribution in [3.8, 4) is 0 Å². The summed E-state index contributed by atoms with van der Waals surface area (Å²) in [6, 6.07) is 15.0. The maximum Gasteiger partial charge on any atom is 0.255 e.